The summed E-state index contributed by atoms with van der Waals surface area (Å²) < 4.78 is 2.45. The molecule has 1 aliphatic heterocycles. The van der Waals surface area contributed by atoms with Crippen molar-refractivity contribution in [2.24, 2.45) is 5.92 Å². The summed E-state index contributed by atoms with van der Waals surface area (Å²) in [7, 11) is 0. The fourth-order valence-electron chi connectivity index (χ4n) is 5.56. The minimum absolute atomic E-state index is 0.0135. The molecule has 0 spiro atoms. The van der Waals surface area contributed by atoms with E-state index in [4.69, 9.17) is 0 Å². The second-order valence-corrected chi connectivity index (χ2v) is 10.2. The van der Waals surface area contributed by atoms with Gasteiger partial charge < -0.3 is 15.2 Å². The Labute approximate surface area is 194 Å². The molecule has 5 rings (SSSR count). The number of rotatable bonds is 7. The van der Waals surface area contributed by atoms with Crippen LogP contribution in [0.4, 0.5) is 0 Å². The van der Waals surface area contributed by atoms with E-state index in [1.165, 1.54) is 48.6 Å². The molecule has 170 valence electrons. The molecule has 0 bridgehead atoms. The number of nitrogens with zero attached hydrogens (tertiary/aromatic N) is 2. The first kappa shape index (κ1) is 21.7. The highest BCUT2D eigenvalue weighted by molar-refractivity contribution is 7.07. The minimum atomic E-state index is -0.0135. The number of hydrogen-bond donors (Lipinski definition) is 2. The average Bonchev–Trinajstić information content (AvgIpc) is 3.48. The number of thiazole rings is 1. The summed E-state index contributed by atoms with van der Waals surface area (Å²) in [5.74, 6) is 0.882. The highest BCUT2D eigenvalue weighted by atomic mass is 32.1. The standard InChI is InChI=1S/C26H34N4OS/c31-26(29-20-10-12-27-13-11-20)14-22(24-17-32-18-28-24)23-16-30(15-19-6-2-1-3-7-19)25-9-5-4-8-21(23)25/h4-5,8-9,16-20,22,27H,1-3,6-7,10-15H2,(H,29,31). The molecule has 2 fully saturated rings. The van der Waals surface area contributed by atoms with Gasteiger partial charge in [0.2, 0.25) is 5.91 Å². The van der Waals surface area contributed by atoms with Gasteiger partial charge in [0.05, 0.1) is 11.2 Å². The van der Waals surface area contributed by atoms with Gasteiger partial charge in [0.25, 0.3) is 0 Å². The van der Waals surface area contributed by atoms with Crippen molar-refractivity contribution >= 4 is 28.1 Å². The van der Waals surface area contributed by atoms with Gasteiger partial charge in [0, 0.05) is 47.4 Å². The van der Waals surface area contributed by atoms with Gasteiger partial charge in [-0.2, -0.15) is 0 Å². The summed E-state index contributed by atoms with van der Waals surface area (Å²) in [6.45, 7) is 3.04. The molecule has 1 unspecified atom stereocenters. The Morgan fingerprint density at radius 3 is 2.75 bits per heavy atom. The molecule has 5 nitrogen and oxygen atoms in total. The van der Waals surface area contributed by atoms with Crippen LogP contribution in [0.2, 0.25) is 0 Å². The van der Waals surface area contributed by atoms with Gasteiger partial charge in [0.1, 0.15) is 0 Å². The van der Waals surface area contributed by atoms with Gasteiger partial charge in [-0.3, -0.25) is 4.79 Å². The first-order chi connectivity index (χ1) is 15.8. The Kier molecular flexibility index (Phi) is 6.89. The molecule has 2 aromatic heterocycles. The van der Waals surface area contributed by atoms with Gasteiger partial charge in [0.15, 0.2) is 0 Å². The van der Waals surface area contributed by atoms with Gasteiger partial charge >= 0.3 is 0 Å². The second kappa shape index (κ2) is 10.2. The average molecular weight is 451 g/mol. The first-order valence-electron chi connectivity index (χ1n) is 12.2. The van der Waals surface area contributed by atoms with Crippen LogP contribution in [0.25, 0.3) is 10.9 Å². The summed E-state index contributed by atoms with van der Waals surface area (Å²) in [6, 6.07) is 8.98. The number of carbonyl (C=O) groups is 1. The predicted octanol–water partition coefficient (Wildman–Crippen LogP) is 5.07. The lowest BCUT2D eigenvalue weighted by Gasteiger charge is -2.24. The van der Waals surface area contributed by atoms with Crippen LogP contribution in [-0.2, 0) is 11.3 Å². The number of piperidine rings is 1. The summed E-state index contributed by atoms with van der Waals surface area (Å²) in [6.07, 6.45) is 11.5. The number of aromatic nitrogens is 2. The lowest BCUT2D eigenvalue weighted by molar-refractivity contribution is -0.122. The molecule has 0 radical (unpaired) electrons. The third-order valence-corrected chi connectivity index (χ3v) is 7.88. The van der Waals surface area contributed by atoms with E-state index in [0.717, 1.165) is 44.1 Å². The zero-order chi connectivity index (χ0) is 21.8. The van der Waals surface area contributed by atoms with Crippen molar-refractivity contribution in [3.05, 3.63) is 52.6 Å². The third-order valence-electron chi connectivity index (χ3n) is 7.28. The third kappa shape index (κ3) is 4.91. The van der Waals surface area contributed by atoms with Crippen LogP contribution in [0, 0.1) is 5.92 Å². The number of hydrogen-bond acceptors (Lipinski definition) is 4. The molecule has 2 N–H and O–H groups in total. The zero-order valence-electron chi connectivity index (χ0n) is 18.8. The maximum atomic E-state index is 13.1. The van der Waals surface area contributed by atoms with Crippen LogP contribution < -0.4 is 10.6 Å². The van der Waals surface area contributed by atoms with E-state index >= 15 is 0 Å². The largest absolute Gasteiger partial charge is 0.353 e. The maximum absolute atomic E-state index is 13.1. The van der Waals surface area contributed by atoms with Crippen LogP contribution >= 0.6 is 11.3 Å². The molecular formula is C26H34N4OS. The Balaban J connectivity index is 1.43. The van der Waals surface area contributed by atoms with Crippen LogP contribution in [-0.4, -0.2) is 34.6 Å². The van der Waals surface area contributed by atoms with Gasteiger partial charge in [-0.05, 0) is 56.3 Å². The van der Waals surface area contributed by atoms with E-state index < -0.39 is 0 Å². The highest BCUT2D eigenvalue weighted by Crippen LogP contribution is 2.36. The molecule has 1 amide bonds. The lowest BCUT2D eigenvalue weighted by Crippen LogP contribution is -2.43. The monoisotopic (exact) mass is 450 g/mol. The van der Waals surface area contributed by atoms with Crippen molar-refractivity contribution in [2.45, 2.75) is 69.9 Å². The molecule has 1 saturated heterocycles. The number of nitrogens with one attached hydrogen (secondary N) is 2. The molecule has 3 aromatic rings. The Hall–Kier alpha value is -2.18. The fourth-order valence-corrected chi connectivity index (χ4v) is 6.17. The zero-order valence-corrected chi connectivity index (χ0v) is 19.6. The fraction of sp³-hybridized carbons (Fsp3) is 0.538. The first-order valence-corrected chi connectivity index (χ1v) is 13.2. The Bertz CT molecular complexity index is 1020. The minimum Gasteiger partial charge on any atom is -0.353 e. The second-order valence-electron chi connectivity index (χ2n) is 9.52. The Morgan fingerprint density at radius 2 is 1.97 bits per heavy atom. The molecular weight excluding hydrogens is 416 g/mol. The molecule has 32 heavy (non-hydrogen) atoms. The van der Waals surface area contributed by atoms with E-state index in [0.29, 0.717) is 6.42 Å². The molecule has 3 heterocycles. The van der Waals surface area contributed by atoms with Crippen LogP contribution in [0.15, 0.2) is 41.4 Å². The van der Waals surface area contributed by atoms with E-state index in [1.54, 1.807) is 11.3 Å². The number of fused-ring (bicyclic) bond motifs is 1. The summed E-state index contributed by atoms with van der Waals surface area (Å²) in [4.78, 5) is 17.7. The smallest absolute Gasteiger partial charge is 0.221 e. The van der Waals surface area contributed by atoms with Crippen molar-refractivity contribution < 1.29 is 4.79 Å². The highest BCUT2D eigenvalue weighted by Gasteiger charge is 2.26. The molecule has 1 atom stereocenters. The summed E-state index contributed by atoms with van der Waals surface area (Å²) in [5, 5.41) is 10.0. The number of carbonyl (C=O) groups excluding carboxylic acids is 1. The summed E-state index contributed by atoms with van der Waals surface area (Å²) >= 11 is 1.61. The Morgan fingerprint density at radius 1 is 1.16 bits per heavy atom. The van der Waals surface area contributed by atoms with Crippen molar-refractivity contribution in [2.75, 3.05) is 13.1 Å². The van der Waals surface area contributed by atoms with Crippen molar-refractivity contribution in [1.29, 1.82) is 0 Å². The van der Waals surface area contributed by atoms with E-state index in [-0.39, 0.29) is 17.9 Å². The van der Waals surface area contributed by atoms with Gasteiger partial charge in [-0.25, -0.2) is 4.98 Å². The van der Waals surface area contributed by atoms with E-state index in [9.17, 15) is 4.79 Å². The number of benzene rings is 1. The maximum Gasteiger partial charge on any atom is 0.221 e. The molecule has 6 heteroatoms. The molecule has 1 aliphatic carbocycles. The number of amides is 1. The summed E-state index contributed by atoms with van der Waals surface area (Å²) in [5.41, 5.74) is 5.42. The van der Waals surface area contributed by atoms with Crippen molar-refractivity contribution in [3.63, 3.8) is 0 Å². The van der Waals surface area contributed by atoms with Gasteiger partial charge in [-0.15, -0.1) is 11.3 Å². The van der Waals surface area contributed by atoms with Crippen molar-refractivity contribution in [1.82, 2.24) is 20.2 Å². The van der Waals surface area contributed by atoms with Crippen LogP contribution in [0.1, 0.15) is 68.5 Å². The lowest BCUT2D eigenvalue weighted by atomic mass is 9.89. The molecule has 1 aromatic carbocycles. The van der Waals surface area contributed by atoms with E-state index in [2.05, 4.69) is 56.0 Å². The van der Waals surface area contributed by atoms with E-state index in [1.807, 2.05) is 5.51 Å². The number of para-hydroxylation sites is 1. The van der Waals surface area contributed by atoms with Gasteiger partial charge in [-0.1, -0.05) is 37.5 Å². The quantitative estimate of drug-likeness (QED) is 0.528. The van der Waals surface area contributed by atoms with Crippen LogP contribution in [0.5, 0.6) is 0 Å². The normalized spacial score (nSPS) is 19.2. The van der Waals surface area contributed by atoms with Crippen LogP contribution in [0.3, 0.4) is 0 Å². The predicted molar refractivity (Wildman–Crippen MR) is 131 cm³/mol. The SMILES string of the molecule is O=C(CC(c1cscn1)c1cn(CC2CCCCC2)c2ccccc12)NC1CCNCC1. The molecule has 2 aliphatic rings. The van der Waals surface area contributed by atoms with Crippen molar-refractivity contribution in [3.8, 4) is 0 Å². The molecule has 1 saturated carbocycles. The topological polar surface area (TPSA) is 59.0 Å².